The molecular formula is C13H26ClN3O2. The third-order valence-corrected chi connectivity index (χ3v) is 3.31. The molecule has 1 saturated heterocycles. The van der Waals surface area contributed by atoms with Crippen molar-refractivity contribution in [2.24, 2.45) is 0 Å². The number of nitrogens with zero attached hydrogens (tertiary/aromatic N) is 1. The smallest absolute Gasteiger partial charge is 0.222 e. The zero-order valence-corrected chi connectivity index (χ0v) is 12.7. The zero-order valence-electron chi connectivity index (χ0n) is 11.9. The van der Waals surface area contributed by atoms with E-state index < -0.39 is 0 Å². The fraction of sp³-hybridized carbons (Fsp3) is 0.846. The van der Waals surface area contributed by atoms with E-state index in [9.17, 15) is 9.59 Å². The third kappa shape index (κ3) is 6.25. The molecule has 19 heavy (non-hydrogen) atoms. The number of carbonyl (C=O) groups is 2. The van der Waals surface area contributed by atoms with Gasteiger partial charge in [0.2, 0.25) is 11.8 Å². The molecule has 0 aliphatic carbocycles. The van der Waals surface area contributed by atoms with E-state index in [1.54, 1.807) is 0 Å². The first-order valence-corrected chi connectivity index (χ1v) is 6.89. The van der Waals surface area contributed by atoms with Crippen LogP contribution in [0.4, 0.5) is 0 Å². The van der Waals surface area contributed by atoms with Gasteiger partial charge in [0.15, 0.2) is 0 Å². The van der Waals surface area contributed by atoms with Crippen molar-refractivity contribution in [3.63, 3.8) is 0 Å². The molecule has 6 heteroatoms. The Hall–Kier alpha value is -0.810. The Morgan fingerprint density at radius 3 is 2.68 bits per heavy atom. The van der Waals surface area contributed by atoms with E-state index in [-0.39, 0.29) is 24.2 Å². The summed E-state index contributed by atoms with van der Waals surface area (Å²) in [4.78, 5) is 25.3. The minimum absolute atomic E-state index is 0. The Bertz CT molecular complexity index is 287. The van der Waals surface area contributed by atoms with Crippen molar-refractivity contribution in [3.8, 4) is 0 Å². The van der Waals surface area contributed by atoms with Crippen LogP contribution in [0.15, 0.2) is 0 Å². The van der Waals surface area contributed by atoms with Crippen LogP contribution >= 0.6 is 12.4 Å². The van der Waals surface area contributed by atoms with Gasteiger partial charge in [-0.1, -0.05) is 0 Å². The van der Waals surface area contributed by atoms with Crippen molar-refractivity contribution in [1.82, 2.24) is 15.5 Å². The highest BCUT2D eigenvalue weighted by Gasteiger charge is 2.27. The lowest BCUT2D eigenvalue weighted by Gasteiger charge is -2.24. The van der Waals surface area contributed by atoms with Gasteiger partial charge in [-0.05, 0) is 33.2 Å². The van der Waals surface area contributed by atoms with Crippen LogP contribution in [0.2, 0.25) is 0 Å². The lowest BCUT2D eigenvalue weighted by molar-refractivity contribution is -0.132. The lowest BCUT2D eigenvalue weighted by atomic mass is 10.2. The minimum Gasteiger partial charge on any atom is -0.356 e. The summed E-state index contributed by atoms with van der Waals surface area (Å²) in [5.74, 6) is 0.232. The Labute approximate surface area is 121 Å². The fourth-order valence-electron chi connectivity index (χ4n) is 2.44. The number of carbonyl (C=O) groups excluding carboxylic acids is 2. The van der Waals surface area contributed by atoms with Gasteiger partial charge in [-0.3, -0.25) is 9.59 Å². The molecule has 0 aromatic carbocycles. The van der Waals surface area contributed by atoms with Crippen molar-refractivity contribution in [3.05, 3.63) is 0 Å². The molecule has 2 N–H and O–H groups in total. The van der Waals surface area contributed by atoms with E-state index in [2.05, 4.69) is 10.6 Å². The van der Waals surface area contributed by atoms with Crippen LogP contribution in [0.3, 0.4) is 0 Å². The van der Waals surface area contributed by atoms with E-state index >= 15 is 0 Å². The monoisotopic (exact) mass is 291 g/mol. The summed E-state index contributed by atoms with van der Waals surface area (Å²) < 4.78 is 0. The Morgan fingerprint density at radius 2 is 2.05 bits per heavy atom. The average molecular weight is 292 g/mol. The third-order valence-electron chi connectivity index (χ3n) is 3.31. The Morgan fingerprint density at radius 1 is 1.32 bits per heavy atom. The maximum atomic E-state index is 12.0. The second-order valence-electron chi connectivity index (χ2n) is 4.75. The second kappa shape index (κ2) is 10.0. The maximum absolute atomic E-state index is 12.0. The van der Waals surface area contributed by atoms with Crippen LogP contribution in [0.5, 0.6) is 0 Å². The zero-order chi connectivity index (χ0) is 13.4. The first kappa shape index (κ1) is 18.2. The van der Waals surface area contributed by atoms with Crippen molar-refractivity contribution in [2.45, 2.75) is 45.1 Å². The molecule has 1 aliphatic heterocycles. The molecule has 0 aromatic rings. The van der Waals surface area contributed by atoms with Gasteiger partial charge in [0.25, 0.3) is 0 Å². The summed E-state index contributed by atoms with van der Waals surface area (Å²) in [5.41, 5.74) is 0. The molecule has 0 saturated carbocycles. The summed E-state index contributed by atoms with van der Waals surface area (Å²) in [6.45, 7) is 4.28. The molecule has 0 bridgehead atoms. The van der Waals surface area contributed by atoms with Crippen LogP contribution < -0.4 is 10.6 Å². The molecule has 1 aliphatic rings. The average Bonchev–Trinajstić information content (AvgIpc) is 2.78. The predicted octanol–water partition coefficient (Wildman–Crippen LogP) is 0.925. The summed E-state index contributed by atoms with van der Waals surface area (Å²) in [7, 11) is 1.91. The highest BCUT2D eigenvalue weighted by molar-refractivity contribution is 5.85. The van der Waals surface area contributed by atoms with Crippen molar-refractivity contribution < 1.29 is 9.59 Å². The van der Waals surface area contributed by atoms with Crippen LogP contribution in [0.1, 0.15) is 39.0 Å². The number of likely N-dealkylation sites (N-methyl/N-ethyl adjacent to an activating group) is 1. The summed E-state index contributed by atoms with van der Waals surface area (Å²) in [6.07, 6.45) is 3.76. The molecule has 0 aromatic heterocycles. The van der Waals surface area contributed by atoms with Gasteiger partial charge in [0.05, 0.1) is 0 Å². The van der Waals surface area contributed by atoms with Gasteiger partial charge in [-0.25, -0.2) is 0 Å². The molecule has 112 valence electrons. The summed E-state index contributed by atoms with van der Waals surface area (Å²) in [5, 5.41) is 5.87. The molecule has 1 fully saturated rings. The molecule has 1 unspecified atom stereocenters. The highest BCUT2D eigenvalue weighted by atomic mass is 35.5. The van der Waals surface area contributed by atoms with E-state index in [1.165, 1.54) is 0 Å². The fourth-order valence-corrected chi connectivity index (χ4v) is 2.44. The quantitative estimate of drug-likeness (QED) is 0.733. The van der Waals surface area contributed by atoms with E-state index in [4.69, 9.17) is 0 Å². The first-order chi connectivity index (χ1) is 8.69. The van der Waals surface area contributed by atoms with Crippen molar-refractivity contribution >= 4 is 24.2 Å². The molecule has 1 atom stereocenters. The molecule has 0 radical (unpaired) electrons. The minimum atomic E-state index is 0. The second-order valence-corrected chi connectivity index (χ2v) is 4.75. The van der Waals surface area contributed by atoms with Crippen molar-refractivity contribution in [2.75, 3.05) is 26.7 Å². The van der Waals surface area contributed by atoms with Gasteiger partial charge in [0.1, 0.15) is 0 Å². The number of rotatable bonds is 7. The van der Waals surface area contributed by atoms with Gasteiger partial charge in [-0.2, -0.15) is 0 Å². The van der Waals surface area contributed by atoms with Crippen LogP contribution in [0, 0.1) is 0 Å². The van der Waals surface area contributed by atoms with Gasteiger partial charge >= 0.3 is 0 Å². The van der Waals surface area contributed by atoms with Crippen molar-refractivity contribution in [1.29, 1.82) is 0 Å². The SMILES string of the molecule is CCNC(=O)CCCC(=O)N1CCCC1CNC.Cl. The number of hydrogen-bond donors (Lipinski definition) is 2. The van der Waals surface area contributed by atoms with E-state index in [1.807, 2.05) is 18.9 Å². The van der Waals surface area contributed by atoms with Gasteiger partial charge in [-0.15, -0.1) is 12.4 Å². The molecular weight excluding hydrogens is 266 g/mol. The standard InChI is InChI=1S/C13H25N3O2.ClH/c1-3-15-12(17)7-4-8-13(18)16-9-5-6-11(16)10-14-2;/h11,14H,3-10H2,1-2H3,(H,15,17);1H. The number of hydrogen-bond acceptors (Lipinski definition) is 3. The molecule has 1 heterocycles. The molecule has 1 rings (SSSR count). The summed E-state index contributed by atoms with van der Waals surface area (Å²) in [6, 6.07) is 0.340. The summed E-state index contributed by atoms with van der Waals surface area (Å²) >= 11 is 0. The maximum Gasteiger partial charge on any atom is 0.222 e. The Kier molecular flexibility index (Phi) is 9.61. The molecule has 5 nitrogen and oxygen atoms in total. The lowest BCUT2D eigenvalue weighted by Crippen LogP contribution is -2.40. The highest BCUT2D eigenvalue weighted by Crippen LogP contribution is 2.18. The predicted molar refractivity (Wildman–Crippen MR) is 78.4 cm³/mol. The van der Waals surface area contributed by atoms with Crippen LogP contribution in [-0.4, -0.2) is 49.4 Å². The largest absolute Gasteiger partial charge is 0.356 e. The number of nitrogens with one attached hydrogen (secondary N) is 2. The number of amides is 2. The van der Waals surface area contributed by atoms with Gasteiger partial charge in [0, 0.05) is 38.5 Å². The number of likely N-dealkylation sites (tertiary alicyclic amines) is 1. The van der Waals surface area contributed by atoms with Crippen LogP contribution in [0.25, 0.3) is 0 Å². The number of halogens is 1. The van der Waals surface area contributed by atoms with Crippen LogP contribution in [-0.2, 0) is 9.59 Å². The molecule has 2 amide bonds. The normalized spacial score (nSPS) is 18.0. The van der Waals surface area contributed by atoms with E-state index in [0.29, 0.717) is 31.8 Å². The first-order valence-electron chi connectivity index (χ1n) is 6.89. The topological polar surface area (TPSA) is 61.4 Å². The van der Waals surface area contributed by atoms with Gasteiger partial charge < -0.3 is 15.5 Å². The molecule has 0 spiro atoms. The van der Waals surface area contributed by atoms with E-state index in [0.717, 1.165) is 25.9 Å². The Balaban J connectivity index is 0.00000324.